The summed E-state index contributed by atoms with van der Waals surface area (Å²) in [6.07, 6.45) is 19.7. The van der Waals surface area contributed by atoms with Gasteiger partial charge in [-0.25, -0.2) is 0 Å². The van der Waals surface area contributed by atoms with Gasteiger partial charge >= 0.3 is 5.97 Å². The highest BCUT2D eigenvalue weighted by atomic mass is 16.5. The first-order chi connectivity index (χ1) is 11.8. The Labute approximate surface area is 148 Å². The Balaban J connectivity index is 1.82. The van der Waals surface area contributed by atoms with Crippen molar-refractivity contribution in [3.05, 3.63) is 30.1 Å². The van der Waals surface area contributed by atoms with Gasteiger partial charge in [-0.2, -0.15) is 0 Å². The highest BCUT2D eigenvalue weighted by Gasteiger charge is 2.03. The van der Waals surface area contributed by atoms with Gasteiger partial charge in [-0.3, -0.25) is 9.78 Å². The summed E-state index contributed by atoms with van der Waals surface area (Å²) in [5, 5.41) is 0. The van der Waals surface area contributed by atoms with E-state index in [-0.39, 0.29) is 5.97 Å². The second kappa shape index (κ2) is 15.2. The molecule has 0 spiro atoms. The standard InChI is InChI=1S/C21H35NO2/c1-2-3-4-5-6-7-8-9-10-11-12-13-16-21(23)24-19-20-15-14-17-22-18-20/h14-15,17-18H,2-13,16,19H2,1H3. The Morgan fingerprint density at radius 2 is 1.50 bits per heavy atom. The van der Waals surface area contributed by atoms with E-state index < -0.39 is 0 Å². The number of hydrogen-bond donors (Lipinski definition) is 0. The summed E-state index contributed by atoms with van der Waals surface area (Å²) in [5.41, 5.74) is 0.945. The van der Waals surface area contributed by atoms with Crippen LogP contribution in [0.4, 0.5) is 0 Å². The molecule has 1 aromatic rings. The van der Waals surface area contributed by atoms with Crippen LogP contribution in [0.1, 0.15) is 96.0 Å². The third-order valence-electron chi connectivity index (χ3n) is 4.36. The van der Waals surface area contributed by atoms with Crippen LogP contribution in [0.5, 0.6) is 0 Å². The first-order valence-electron chi connectivity index (χ1n) is 9.87. The molecule has 1 heterocycles. The van der Waals surface area contributed by atoms with Gasteiger partial charge < -0.3 is 4.74 Å². The van der Waals surface area contributed by atoms with Gasteiger partial charge in [0.15, 0.2) is 0 Å². The number of carbonyl (C=O) groups is 1. The van der Waals surface area contributed by atoms with Gasteiger partial charge in [0.1, 0.15) is 6.61 Å². The van der Waals surface area contributed by atoms with E-state index >= 15 is 0 Å². The van der Waals surface area contributed by atoms with Crippen LogP contribution in [-0.2, 0) is 16.1 Å². The number of ether oxygens (including phenoxy) is 1. The second-order valence-electron chi connectivity index (χ2n) is 6.66. The highest BCUT2D eigenvalue weighted by molar-refractivity contribution is 5.69. The van der Waals surface area contributed by atoms with Gasteiger partial charge in [-0.15, -0.1) is 0 Å². The van der Waals surface area contributed by atoms with Crippen LogP contribution in [0.15, 0.2) is 24.5 Å². The highest BCUT2D eigenvalue weighted by Crippen LogP contribution is 2.12. The molecule has 0 aliphatic heterocycles. The Morgan fingerprint density at radius 1 is 0.917 bits per heavy atom. The minimum absolute atomic E-state index is 0.0917. The van der Waals surface area contributed by atoms with Crippen molar-refractivity contribution in [2.45, 2.75) is 97.0 Å². The van der Waals surface area contributed by atoms with Crippen molar-refractivity contribution in [1.82, 2.24) is 4.98 Å². The maximum absolute atomic E-state index is 11.7. The average molecular weight is 334 g/mol. The fraction of sp³-hybridized carbons (Fsp3) is 0.714. The number of nitrogens with zero attached hydrogens (tertiary/aromatic N) is 1. The molecule has 0 saturated carbocycles. The minimum atomic E-state index is -0.0917. The summed E-state index contributed by atoms with van der Waals surface area (Å²) in [6.45, 7) is 2.60. The van der Waals surface area contributed by atoms with E-state index in [4.69, 9.17) is 4.74 Å². The Hall–Kier alpha value is -1.38. The van der Waals surface area contributed by atoms with Crippen molar-refractivity contribution in [1.29, 1.82) is 0 Å². The predicted octanol–water partition coefficient (Wildman–Crippen LogP) is 6.22. The van der Waals surface area contributed by atoms with E-state index in [0.717, 1.165) is 18.4 Å². The lowest BCUT2D eigenvalue weighted by Gasteiger charge is -2.05. The molecule has 1 aromatic heterocycles. The van der Waals surface area contributed by atoms with Crippen LogP contribution >= 0.6 is 0 Å². The molecule has 136 valence electrons. The smallest absolute Gasteiger partial charge is 0.306 e. The molecule has 1 rings (SSSR count). The largest absolute Gasteiger partial charge is 0.461 e. The zero-order chi connectivity index (χ0) is 17.3. The summed E-state index contributed by atoms with van der Waals surface area (Å²) >= 11 is 0. The Bertz CT molecular complexity index is 406. The molecule has 0 radical (unpaired) electrons. The van der Waals surface area contributed by atoms with E-state index in [1.165, 1.54) is 64.2 Å². The lowest BCUT2D eigenvalue weighted by atomic mass is 10.0. The number of aromatic nitrogens is 1. The lowest BCUT2D eigenvalue weighted by Crippen LogP contribution is -2.04. The fourth-order valence-electron chi connectivity index (χ4n) is 2.83. The minimum Gasteiger partial charge on any atom is -0.461 e. The third kappa shape index (κ3) is 12.1. The summed E-state index contributed by atoms with van der Waals surface area (Å²) in [5.74, 6) is -0.0917. The molecule has 0 aromatic carbocycles. The first-order valence-corrected chi connectivity index (χ1v) is 9.87. The molecule has 0 atom stereocenters. The van der Waals surface area contributed by atoms with Crippen molar-refractivity contribution >= 4 is 5.97 Å². The predicted molar refractivity (Wildman–Crippen MR) is 99.7 cm³/mol. The van der Waals surface area contributed by atoms with Crippen molar-refractivity contribution in [2.24, 2.45) is 0 Å². The number of rotatable bonds is 15. The van der Waals surface area contributed by atoms with Crippen LogP contribution in [0.3, 0.4) is 0 Å². The van der Waals surface area contributed by atoms with Crippen molar-refractivity contribution < 1.29 is 9.53 Å². The van der Waals surface area contributed by atoms with Gasteiger partial charge in [-0.05, 0) is 12.5 Å². The summed E-state index contributed by atoms with van der Waals surface area (Å²) in [4.78, 5) is 15.7. The number of hydrogen-bond acceptors (Lipinski definition) is 3. The van der Waals surface area contributed by atoms with E-state index in [9.17, 15) is 4.79 Å². The van der Waals surface area contributed by atoms with Crippen LogP contribution in [0, 0.1) is 0 Å². The molecular weight excluding hydrogens is 298 g/mol. The van der Waals surface area contributed by atoms with Crippen molar-refractivity contribution in [3.63, 3.8) is 0 Å². The normalized spacial score (nSPS) is 10.7. The number of carbonyl (C=O) groups excluding carboxylic acids is 1. The van der Waals surface area contributed by atoms with Crippen molar-refractivity contribution in [2.75, 3.05) is 0 Å². The van der Waals surface area contributed by atoms with Crippen LogP contribution in [0.2, 0.25) is 0 Å². The molecule has 0 aliphatic carbocycles. The first kappa shape index (κ1) is 20.7. The zero-order valence-corrected chi connectivity index (χ0v) is 15.5. The molecule has 0 N–H and O–H groups in total. The average Bonchev–Trinajstić information content (AvgIpc) is 2.62. The monoisotopic (exact) mass is 333 g/mol. The van der Waals surface area contributed by atoms with E-state index in [0.29, 0.717) is 13.0 Å². The Morgan fingerprint density at radius 3 is 2.04 bits per heavy atom. The summed E-state index contributed by atoms with van der Waals surface area (Å²) in [7, 11) is 0. The molecule has 0 bridgehead atoms. The fourth-order valence-corrected chi connectivity index (χ4v) is 2.83. The Kier molecular flexibility index (Phi) is 13.1. The molecule has 3 heteroatoms. The van der Waals surface area contributed by atoms with Crippen LogP contribution < -0.4 is 0 Å². The topological polar surface area (TPSA) is 39.2 Å². The molecule has 0 amide bonds. The third-order valence-corrected chi connectivity index (χ3v) is 4.36. The molecule has 0 unspecified atom stereocenters. The van der Waals surface area contributed by atoms with Gasteiger partial charge in [0.2, 0.25) is 0 Å². The molecule has 0 aliphatic rings. The van der Waals surface area contributed by atoms with Gasteiger partial charge in [0.25, 0.3) is 0 Å². The zero-order valence-electron chi connectivity index (χ0n) is 15.5. The van der Waals surface area contributed by atoms with E-state index in [1.807, 2.05) is 12.1 Å². The number of esters is 1. The van der Waals surface area contributed by atoms with Gasteiger partial charge in [0, 0.05) is 24.4 Å². The second-order valence-corrected chi connectivity index (χ2v) is 6.66. The van der Waals surface area contributed by atoms with Gasteiger partial charge in [-0.1, -0.05) is 83.6 Å². The summed E-state index contributed by atoms with van der Waals surface area (Å²) < 4.78 is 5.25. The molecular formula is C21H35NO2. The van der Waals surface area contributed by atoms with E-state index in [2.05, 4.69) is 11.9 Å². The number of pyridine rings is 1. The van der Waals surface area contributed by atoms with Crippen LogP contribution in [0.25, 0.3) is 0 Å². The molecule has 3 nitrogen and oxygen atoms in total. The molecule has 0 saturated heterocycles. The lowest BCUT2D eigenvalue weighted by molar-refractivity contribution is -0.145. The number of unbranched alkanes of at least 4 members (excludes halogenated alkanes) is 11. The summed E-state index contributed by atoms with van der Waals surface area (Å²) in [6, 6.07) is 3.78. The van der Waals surface area contributed by atoms with Gasteiger partial charge in [0.05, 0.1) is 0 Å². The maximum Gasteiger partial charge on any atom is 0.306 e. The maximum atomic E-state index is 11.7. The quantitative estimate of drug-likeness (QED) is 0.283. The van der Waals surface area contributed by atoms with Crippen LogP contribution in [-0.4, -0.2) is 11.0 Å². The van der Waals surface area contributed by atoms with E-state index in [1.54, 1.807) is 12.4 Å². The molecule has 0 fully saturated rings. The SMILES string of the molecule is CCCCCCCCCCCCCCC(=O)OCc1cccnc1. The van der Waals surface area contributed by atoms with Crippen molar-refractivity contribution in [3.8, 4) is 0 Å². The molecule has 24 heavy (non-hydrogen) atoms.